The molecular weight excluding hydrogens is 202 g/mol. The van der Waals surface area contributed by atoms with E-state index in [2.05, 4.69) is 56.2 Å². The highest BCUT2D eigenvalue weighted by atomic mass is 32.2. The summed E-state index contributed by atoms with van der Waals surface area (Å²) in [7, 11) is 2.07. The molecule has 2 rings (SSSR count). The van der Waals surface area contributed by atoms with Gasteiger partial charge in [0.15, 0.2) is 0 Å². The molecule has 2 atom stereocenters. The van der Waals surface area contributed by atoms with Gasteiger partial charge in [-0.05, 0) is 31.5 Å². The molecule has 0 saturated heterocycles. The van der Waals surface area contributed by atoms with Crippen molar-refractivity contribution in [2.24, 2.45) is 0 Å². The summed E-state index contributed by atoms with van der Waals surface area (Å²) in [6.07, 6.45) is 1.24. The summed E-state index contributed by atoms with van der Waals surface area (Å²) >= 11 is 2.08. The third-order valence-corrected chi connectivity index (χ3v) is 4.69. The van der Waals surface area contributed by atoms with E-state index in [9.17, 15) is 0 Å². The van der Waals surface area contributed by atoms with Gasteiger partial charge in [-0.3, -0.25) is 0 Å². The van der Waals surface area contributed by atoms with E-state index in [0.29, 0.717) is 6.04 Å². The summed E-state index contributed by atoms with van der Waals surface area (Å²) in [5.41, 5.74) is 4.40. The highest BCUT2D eigenvalue weighted by Crippen LogP contribution is 2.39. The van der Waals surface area contributed by atoms with Gasteiger partial charge in [-0.15, -0.1) is 0 Å². The van der Waals surface area contributed by atoms with Gasteiger partial charge < -0.3 is 5.32 Å². The Hall–Kier alpha value is -0.470. The van der Waals surface area contributed by atoms with E-state index in [1.807, 2.05) is 0 Å². The lowest BCUT2D eigenvalue weighted by molar-refractivity contribution is 0.546. The Kier molecular flexibility index (Phi) is 3.37. The van der Waals surface area contributed by atoms with Crippen LogP contribution in [0.15, 0.2) is 18.2 Å². The number of hydrogen-bond donors (Lipinski definition) is 1. The summed E-state index contributed by atoms with van der Waals surface area (Å²) < 4.78 is 0. The van der Waals surface area contributed by atoms with Gasteiger partial charge in [0.2, 0.25) is 0 Å². The molecule has 0 bridgehead atoms. The topological polar surface area (TPSA) is 12.0 Å². The first-order valence-corrected chi connectivity index (χ1v) is 6.69. The van der Waals surface area contributed by atoms with Crippen molar-refractivity contribution in [3.8, 4) is 0 Å². The predicted octanol–water partition coefficient (Wildman–Crippen LogP) is 3.28. The molecule has 1 nitrogen and oxygen atoms in total. The van der Waals surface area contributed by atoms with Crippen molar-refractivity contribution in [2.75, 3.05) is 7.05 Å². The molecule has 2 heteroatoms. The van der Waals surface area contributed by atoms with Crippen LogP contribution in [0.5, 0.6) is 0 Å². The zero-order valence-electron chi connectivity index (χ0n) is 9.71. The fourth-order valence-electron chi connectivity index (χ4n) is 2.32. The molecule has 0 aliphatic carbocycles. The highest BCUT2D eigenvalue weighted by molar-refractivity contribution is 7.99. The van der Waals surface area contributed by atoms with Crippen molar-refractivity contribution < 1.29 is 0 Å². The van der Waals surface area contributed by atoms with Crippen LogP contribution in [0.2, 0.25) is 0 Å². The lowest BCUT2D eigenvalue weighted by atomic mass is 9.95. The SMILES string of the molecule is CCC1SCc2ccc(C)cc2C1NC. The van der Waals surface area contributed by atoms with Gasteiger partial charge in [0.25, 0.3) is 0 Å². The minimum absolute atomic E-state index is 0.531. The molecule has 0 saturated carbocycles. The van der Waals surface area contributed by atoms with E-state index in [4.69, 9.17) is 0 Å². The summed E-state index contributed by atoms with van der Waals surface area (Å²) in [6.45, 7) is 4.46. The van der Waals surface area contributed by atoms with Crippen LogP contribution in [0.25, 0.3) is 0 Å². The summed E-state index contributed by atoms with van der Waals surface area (Å²) in [5, 5.41) is 4.19. The monoisotopic (exact) mass is 221 g/mol. The van der Waals surface area contributed by atoms with Gasteiger partial charge in [0.05, 0.1) is 0 Å². The van der Waals surface area contributed by atoms with Crippen LogP contribution in [-0.2, 0) is 5.75 Å². The van der Waals surface area contributed by atoms with Crippen molar-refractivity contribution in [3.05, 3.63) is 34.9 Å². The van der Waals surface area contributed by atoms with Gasteiger partial charge in [-0.2, -0.15) is 11.8 Å². The summed E-state index contributed by atoms with van der Waals surface area (Å²) in [5.74, 6) is 1.17. The maximum atomic E-state index is 3.47. The molecule has 82 valence electrons. The number of rotatable bonds is 2. The van der Waals surface area contributed by atoms with E-state index in [0.717, 1.165) is 5.25 Å². The zero-order chi connectivity index (χ0) is 10.8. The first-order chi connectivity index (χ1) is 7.26. The highest BCUT2D eigenvalue weighted by Gasteiger charge is 2.27. The molecule has 0 radical (unpaired) electrons. The minimum Gasteiger partial charge on any atom is -0.312 e. The average molecular weight is 221 g/mol. The Bertz CT molecular complexity index is 348. The number of thioether (sulfide) groups is 1. The first kappa shape index (κ1) is 11.0. The number of hydrogen-bond acceptors (Lipinski definition) is 2. The van der Waals surface area contributed by atoms with E-state index < -0.39 is 0 Å². The molecule has 1 aliphatic rings. The molecular formula is C13H19NS. The second kappa shape index (κ2) is 4.58. The van der Waals surface area contributed by atoms with E-state index in [-0.39, 0.29) is 0 Å². The molecule has 15 heavy (non-hydrogen) atoms. The lowest BCUT2D eigenvalue weighted by Crippen LogP contribution is -2.30. The molecule has 2 unspecified atom stereocenters. The Morgan fingerprint density at radius 3 is 2.93 bits per heavy atom. The molecule has 0 spiro atoms. The molecule has 1 N–H and O–H groups in total. The summed E-state index contributed by atoms with van der Waals surface area (Å²) in [6, 6.07) is 7.38. The maximum absolute atomic E-state index is 3.47. The third kappa shape index (κ3) is 2.06. The first-order valence-electron chi connectivity index (χ1n) is 5.64. The Labute approximate surface area is 96.7 Å². The molecule has 1 aromatic rings. The largest absolute Gasteiger partial charge is 0.312 e. The van der Waals surface area contributed by atoms with Crippen LogP contribution in [0.3, 0.4) is 0 Å². The zero-order valence-corrected chi connectivity index (χ0v) is 10.5. The van der Waals surface area contributed by atoms with Crippen molar-refractivity contribution >= 4 is 11.8 Å². The second-order valence-electron chi connectivity index (χ2n) is 4.23. The fourth-order valence-corrected chi connectivity index (χ4v) is 3.69. The quantitative estimate of drug-likeness (QED) is 0.822. The van der Waals surface area contributed by atoms with Gasteiger partial charge in [0.1, 0.15) is 0 Å². The van der Waals surface area contributed by atoms with Crippen molar-refractivity contribution in [2.45, 2.75) is 37.3 Å². The van der Waals surface area contributed by atoms with E-state index in [1.165, 1.54) is 28.9 Å². The number of aryl methyl sites for hydroxylation is 1. The minimum atomic E-state index is 0.531. The van der Waals surface area contributed by atoms with Crippen LogP contribution in [0.1, 0.15) is 36.1 Å². The smallest absolute Gasteiger partial charge is 0.0441 e. The van der Waals surface area contributed by atoms with Crippen LogP contribution in [0.4, 0.5) is 0 Å². The lowest BCUT2D eigenvalue weighted by Gasteiger charge is -2.32. The van der Waals surface area contributed by atoms with E-state index >= 15 is 0 Å². The van der Waals surface area contributed by atoms with Crippen LogP contribution < -0.4 is 5.32 Å². The number of nitrogens with one attached hydrogen (secondary N) is 1. The molecule has 1 aromatic carbocycles. The summed E-state index contributed by atoms with van der Waals surface area (Å²) in [4.78, 5) is 0. The Balaban J connectivity index is 2.39. The van der Waals surface area contributed by atoms with Crippen LogP contribution >= 0.6 is 11.8 Å². The van der Waals surface area contributed by atoms with Gasteiger partial charge in [-0.25, -0.2) is 0 Å². The molecule has 1 heterocycles. The standard InChI is InChI=1S/C13H19NS/c1-4-12-13(14-3)11-7-9(2)5-6-10(11)8-15-12/h5-7,12-14H,4,8H2,1-3H3. The second-order valence-corrected chi connectivity index (χ2v) is 5.45. The predicted molar refractivity (Wildman–Crippen MR) is 68.4 cm³/mol. The maximum Gasteiger partial charge on any atom is 0.0441 e. The van der Waals surface area contributed by atoms with Crippen LogP contribution in [-0.4, -0.2) is 12.3 Å². The van der Waals surface area contributed by atoms with Crippen molar-refractivity contribution in [1.29, 1.82) is 0 Å². The average Bonchev–Trinajstić information content (AvgIpc) is 2.27. The van der Waals surface area contributed by atoms with E-state index in [1.54, 1.807) is 0 Å². The molecule has 0 amide bonds. The third-order valence-electron chi connectivity index (χ3n) is 3.17. The Morgan fingerprint density at radius 2 is 2.27 bits per heavy atom. The van der Waals surface area contributed by atoms with Crippen molar-refractivity contribution in [3.63, 3.8) is 0 Å². The van der Waals surface area contributed by atoms with Crippen molar-refractivity contribution in [1.82, 2.24) is 5.32 Å². The molecule has 0 aromatic heterocycles. The number of benzene rings is 1. The molecule has 0 fully saturated rings. The number of fused-ring (bicyclic) bond motifs is 1. The van der Waals surface area contributed by atoms with Gasteiger partial charge in [-0.1, -0.05) is 30.7 Å². The normalized spacial score (nSPS) is 25.0. The van der Waals surface area contributed by atoms with Gasteiger partial charge in [0, 0.05) is 17.0 Å². The fraction of sp³-hybridized carbons (Fsp3) is 0.538. The van der Waals surface area contributed by atoms with Crippen LogP contribution in [0, 0.1) is 6.92 Å². The Morgan fingerprint density at radius 1 is 1.47 bits per heavy atom. The van der Waals surface area contributed by atoms with Gasteiger partial charge >= 0.3 is 0 Å². The molecule has 1 aliphatic heterocycles.